The molecule has 0 bridgehead atoms. The maximum Gasteiger partial charge on any atom is 0.271 e. The number of hydrogen-bond acceptors (Lipinski definition) is 4. The van der Waals surface area contributed by atoms with E-state index in [0.717, 1.165) is 12.0 Å². The largest absolute Gasteiger partial charge is 0.472 e. The topological polar surface area (TPSA) is 73.2 Å². The van der Waals surface area contributed by atoms with Crippen molar-refractivity contribution < 1.29 is 13.9 Å². The first-order chi connectivity index (χ1) is 16.1. The van der Waals surface area contributed by atoms with Gasteiger partial charge in [-0.15, -0.1) is 5.10 Å². The van der Waals surface area contributed by atoms with Crippen LogP contribution < -0.4 is 15.6 Å². The third-order valence-electron chi connectivity index (χ3n) is 4.97. The molecule has 1 aromatic heterocycles. The Kier molecular flexibility index (Phi) is 6.90. The number of halogens is 1. The monoisotopic (exact) mass is 443 g/mol. The van der Waals surface area contributed by atoms with E-state index in [9.17, 15) is 14.0 Å². The van der Waals surface area contributed by atoms with E-state index >= 15 is 0 Å². The number of nitrogens with zero attached hydrogens (tertiary/aromatic N) is 2. The van der Waals surface area contributed by atoms with Crippen LogP contribution in [-0.4, -0.2) is 22.2 Å². The Morgan fingerprint density at radius 2 is 1.67 bits per heavy atom. The van der Waals surface area contributed by atoms with Crippen LogP contribution >= 0.6 is 0 Å². The molecule has 1 N–H and O–H groups in total. The predicted molar refractivity (Wildman–Crippen MR) is 123 cm³/mol. The summed E-state index contributed by atoms with van der Waals surface area (Å²) in [7, 11) is 0. The Labute approximate surface area is 190 Å². The van der Waals surface area contributed by atoms with E-state index in [-0.39, 0.29) is 29.8 Å². The second kappa shape index (κ2) is 10.4. The van der Waals surface area contributed by atoms with Crippen molar-refractivity contribution >= 4 is 5.91 Å². The highest BCUT2D eigenvalue weighted by atomic mass is 19.1. The smallest absolute Gasteiger partial charge is 0.271 e. The maximum absolute atomic E-state index is 13.3. The number of ether oxygens (including phenoxy) is 1. The van der Waals surface area contributed by atoms with E-state index in [1.165, 1.54) is 28.9 Å². The Hall–Kier alpha value is -4.26. The molecule has 0 atom stereocenters. The van der Waals surface area contributed by atoms with E-state index in [0.29, 0.717) is 23.4 Å². The van der Waals surface area contributed by atoms with Crippen molar-refractivity contribution in [2.45, 2.75) is 13.0 Å². The third-order valence-corrected chi connectivity index (χ3v) is 4.97. The number of benzene rings is 3. The highest BCUT2D eigenvalue weighted by Crippen LogP contribution is 2.12. The molecule has 0 unspecified atom stereocenters. The molecule has 0 fully saturated rings. The molecule has 4 aromatic rings. The van der Waals surface area contributed by atoms with E-state index in [1.807, 2.05) is 30.3 Å². The van der Waals surface area contributed by atoms with Crippen molar-refractivity contribution in [3.63, 3.8) is 0 Å². The summed E-state index contributed by atoms with van der Waals surface area (Å²) in [5.74, 6) is -0.315. The average Bonchev–Trinajstić information content (AvgIpc) is 2.84. The van der Waals surface area contributed by atoms with Crippen molar-refractivity contribution in [2.24, 2.45) is 0 Å². The highest BCUT2D eigenvalue weighted by molar-refractivity contribution is 5.94. The van der Waals surface area contributed by atoms with Crippen molar-refractivity contribution in [1.82, 2.24) is 15.1 Å². The molecule has 0 aliphatic rings. The van der Waals surface area contributed by atoms with Gasteiger partial charge in [0.2, 0.25) is 5.88 Å². The molecule has 33 heavy (non-hydrogen) atoms. The molecule has 6 nitrogen and oxygen atoms in total. The van der Waals surface area contributed by atoms with Gasteiger partial charge in [0.1, 0.15) is 12.4 Å². The zero-order chi connectivity index (χ0) is 23.0. The zero-order valence-corrected chi connectivity index (χ0v) is 17.8. The van der Waals surface area contributed by atoms with Crippen LogP contribution in [0.5, 0.6) is 5.88 Å². The average molecular weight is 443 g/mol. The van der Waals surface area contributed by atoms with Gasteiger partial charge in [-0.3, -0.25) is 9.59 Å². The molecule has 7 heteroatoms. The van der Waals surface area contributed by atoms with Crippen LogP contribution in [0.1, 0.15) is 21.5 Å². The normalized spacial score (nSPS) is 10.6. The summed E-state index contributed by atoms with van der Waals surface area (Å²) in [6.45, 7) is 0.640. The number of aromatic nitrogens is 2. The second-order valence-electron chi connectivity index (χ2n) is 7.38. The Morgan fingerprint density at radius 1 is 0.909 bits per heavy atom. The van der Waals surface area contributed by atoms with Gasteiger partial charge in [0.25, 0.3) is 11.5 Å². The van der Waals surface area contributed by atoms with Gasteiger partial charge < -0.3 is 10.1 Å². The first-order valence-corrected chi connectivity index (χ1v) is 10.5. The second-order valence-corrected chi connectivity index (χ2v) is 7.38. The maximum atomic E-state index is 13.3. The number of carbonyl (C=O) groups excluding carboxylic acids is 1. The van der Waals surface area contributed by atoms with Crippen LogP contribution in [0.3, 0.4) is 0 Å². The summed E-state index contributed by atoms with van der Waals surface area (Å²) in [6.07, 6.45) is 0.742. The summed E-state index contributed by atoms with van der Waals surface area (Å²) >= 11 is 0. The molecule has 4 rings (SSSR count). The minimum Gasteiger partial charge on any atom is -0.472 e. The lowest BCUT2D eigenvalue weighted by Crippen LogP contribution is -2.26. The van der Waals surface area contributed by atoms with Crippen molar-refractivity contribution in [2.75, 3.05) is 6.54 Å². The first-order valence-electron chi connectivity index (χ1n) is 10.5. The van der Waals surface area contributed by atoms with Gasteiger partial charge in [-0.1, -0.05) is 42.5 Å². The van der Waals surface area contributed by atoms with Crippen LogP contribution in [0.4, 0.5) is 4.39 Å². The summed E-state index contributed by atoms with van der Waals surface area (Å²) in [6, 6.07) is 25.4. The number of nitrogens with one attached hydrogen (secondary N) is 1. The molecule has 0 aliphatic heterocycles. The van der Waals surface area contributed by atoms with E-state index in [2.05, 4.69) is 10.4 Å². The van der Waals surface area contributed by atoms with Crippen LogP contribution in [0, 0.1) is 5.82 Å². The molecular formula is C26H22FN3O3. The van der Waals surface area contributed by atoms with Crippen LogP contribution in [-0.2, 0) is 13.0 Å². The fourth-order valence-corrected chi connectivity index (χ4v) is 3.26. The molecule has 1 heterocycles. The Bertz CT molecular complexity index is 1290. The molecule has 0 aliphatic carbocycles. The minimum absolute atomic E-state index is 0.116. The van der Waals surface area contributed by atoms with Crippen LogP contribution in [0.25, 0.3) is 5.69 Å². The zero-order valence-electron chi connectivity index (χ0n) is 17.8. The van der Waals surface area contributed by atoms with Gasteiger partial charge in [-0.25, -0.2) is 4.39 Å². The quantitative estimate of drug-likeness (QED) is 0.448. The van der Waals surface area contributed by atoms with E-state index in [4.69, 9.17) is 4.74 Å². The predicted octanol–water partition coefficient (Wildman–Crippen LogP) is 3.92. The molecule has 3 aromatic carbocycles. The highest BCUT2D eigenvalue weighted by Gasteiger charge is 2.08. The fourth-order valence-electron chi connectivity index (χ4n) is 3.26. The molecule has 0 spiro atoms. The van der Waals surface area contributed by atoms with Crippen LogP contribution in [0.15, 0.2) is 95.8 Å². The molecule has 0 saturated carbocycles. The Morgan fingerprint density at radius 3 is 2.42 bits per heavy atom. The number of amides is 1. The van der Waals surface area contributed by atoms with Gasteiger partial charge >= 0.3 is 0 Å². The molecule has 0 saturated heterocycles. The summed E-state index contributed by atoms with van der Waals surface area (Å²) in [5, 5.41) is 7.12. The molecule has 1 amide bonds. The van der Waals surface area contributed by atoms with Gasteiger partial charge in [0, 0.05) is 24.2 Å². The lowest BCUT2D eigenvalue weighted by Gasteiger charge is -2.10. The fraction of sp³-hybridized carbons (Fsp3) is 0.115. The standard InChI is InChI=1S/C26H22FN3O3/c27-22-8-4-7-20(17-22)18-33-24-13-14-25(31)30(29-24)23-11-9-21(10-12-23)26(32)28-16-15-19-5-2-1-3-6-19/h1-14,17H,15-16,18H2,(H,28,32). The number of carbonyl (C=O) groups is 1. The van der Waals surface area contributed by atoms with Crippen molar-refractivity contribution in [1.29, 1.82) is 0 Å². The van der Waals surface area contributed by atoms with Gasteiger partial charge in [0.15, 0.2) is 0 Å². The molecule has 166 valence electrons. The van der Waals surface area contributed by atoms with E-state index in [1.54, 1.807) is 36.4 Å². The lowest BCUT2D eigenvalue weighted by molar-refractivity contribution is 0.0954. The van der Waals surface area contributed by atoms with Gasteiger partial charge in [0.05, 0.1) is 5.69 Å². The molecule has 0 radical (unpaired) electrons. The van der Waals surface area contributed by atoms with Gasteiger partial charge in [-0.2, -0.15) is 4.68 Å². The minimum atomic E-state index is -0.349. The van der Waals surface area contributed by atoms with Crippen molar-refractivity contribution in [3.05, 3.63) is 124 Å². The van der Waals surface area contributed by atoms with Crippen molar-refractivity contribution in [3.8, 4) is 11.6 Å². The lowest BCUT2D eigenvalue weighted by atomic mass is 10.1. The third kappa shape index (κ3) is 5.92. The van der Waals surface area contributed by atoms with Crippen LogP contribution in [0.2, 0.25) is 0 Å². The number of hydrogen-bond donors (Lipinski definition) is 1. The summed E-state index contributed by atoms with van der Waals surface area (Å²) < 4.78 is 20.1. The number of rotatable bonds is 8. The summed E-state index contributed by atoms with van der Waals surface area (Å²) in [5.41, 5.74) is 2.44. The Balaban J connectivity index is 1.39. The first kappa shape index (κ1) is 22.0. The SMILES string of the molecule is O=C(NCCc1ccccc1)c1ccc(-n2nc(OCc3cccc(F)c3)ccc2=O)cc1. The molecular weight excluding hydrogens is 421 g/mol. The van der Waals surface area contributed by atoms with Gasteiger partial charge in [-0.05, 0) is 53.9 Å². The van der Waals surface area contributed by atoms with E-state index < -0.39 is 0 Å². The summed E-state index contributed by atoms with van der Waals surface area (Å²) in [4.78, 5) is 24.7.